The molecule has 7 heteroatoms. The normalized spacial score (nSPS) is 18.3. The maximum atomic E-state index is 14.3. The molecule has 0 aromatic heterocycles. The van der Waals surface area contributed by atoms with Gasteiger partial charge in [-0.3, -0.25) is 9.59 Å². The van der Waals surface area contributed by atoms with Crippen molar-refractivity contribution in [2.24, 2.45) is 5.92 Å². The molecule has 0 heterocycles. The summed E-state index contributed by atoms with van der Waals surface area (Å²) in [6.45, 7) is 11.6. The summed E-state index contributed by atoms with van der Waals surface area (Å²) in [5.41, 5.74) is 1.33. The number of aryl methyl sites for hydroxylation is 1. The van der Waals surface area contributed by atoms with E-state index in [1.165, 1.54) is 12.0 Å². The molecule has 0 radical (unpaired) electrons. The van der Waals surface area contributed by atoms with Crippen LogP contribution in [0.3, 0.4) is 0 Å². The van der Waals surface area contributed by atoms with Crippen LogP contribution in [-0.4, -0.2) is 46.5 Å². The Kier molecular flexibility index (Phi) is 10.6. The van der Waals surface area contributed by atoms with Crippen molar-refractivity contribution in [3.05, 3.63) is 35.4 Å². The lowest BCUT2D eigenvalue weighted by molar-refractivity contribution is -0.148. The lowest BCUT2D eigenvalue weighted by atomic mass is 9.87. The molecule has 212 valence electrons. The number of nitrogens with zero attached hydrogens (tertiary/aromatic N) is 1. The molecule has 38 heavy (non-hydrogen) atoms. The van der Waals surface area contributed by atoms with Crippen LogP contribution < -0.4 is 10.6 Å². The van der Waals surface area contributed by atoms with Crippen molar-refractivity contribution < 1.29 is 19.1 Å². The second-order valence-corrected chi connectivity index (χ2v) is 12.5. The fraction of sp³-hybridized carbons (Fsp3) is 0.710. The number of carbonyl (C=O) groups is 3. The molecule has 1 aromatic carbocycles. The minimum atomic E-state index is -0.773. The fourth-order valence-electron chi connectivity index (χ4n) is 5.41. The molecule has 1 aromatic rings. The van der Waals surface area contributed by atoms with Crippen molar-refractivity contribution in [2.45, 2.75) is 136 Å². The zero-order valence-electron chi connectivity index (χ0n) is 24.3. The average Bonchev–Trinajstić information content (AvgIpc) is 2.81. The average molecular weight is 528 g/mol. The van der Waals surface area contributed by atoms with Gasteiger partial charge in [0.05, 0.1) is 0 Å². The van der Waals surface area contributed by atoms with Gasteiger partial charge in [-0.05, 0) is 82.8 Å². The molecule has 2 aliphatic rings. The van der Waals surface area contributed by atoms with Crippen molar-refractivity contribution in [3.8, 4) is 0 Å². The predicted octanol–water partition coefficient (Wildman–Crippen LogP) is 6.06. The van der Waals surface area contributed by atoms with E-state index in [4.69, 9.17) is 4.74 Å². The Morgan fingerprint density at radius 3 is 2.11 bits per heavy atom. The van der Waals surface area contributed by atoms with Gasteiger partial charge in [0.15, 0.2) is 0 Å². The Balaban J connectivity index is 1.96. The molecule has 7 nitrogen and oxygen atoms in total. The van der Waals surface area contributed by atoms with Crippen molar-refractivity contribution in [3.63, 3.8) is 0 Å². The Morgan fingerprint density at radius 1 is 0.974 bits per heavy atom. The van der Waals surface area contributed by atoms with Gasteiger partial charge in [-0.25, -0.2) is 4.79 Å². The smallest absolute Gasteiger partial charge is 0.408 e. The van der Waals surface area contributed by atoms with Gasteiger partial charge in [-0.1, -0.05) is 64.3 Å². The first-order valence-corrected chi connectivity index (χ1v) is 14.7. The van der Waals surface area contributed by atoms with E-state index in [0.717, 1.165) is 56.9 Å². The largest absolute Gasteiger partial charge is 0.444 e. The SMILES string of the molecule is CCc1ccc(C(C(=O)NC2CCCCC2)N(C(=O)C(CC(C)C)NC(=O)OC(C)(C)C)C2CCC2)cc1. The van der Waals surface area contributed by atoms with E-state index >= 15 is 0 Å². The zero-order valence-corrected chi connectivity index (χ0v) is 24.3. The first-order valence-electron chi connectivity index (χ1n) is 14.7. The highest BCUT2D eigenvalue weighted by Gasteiger charge is 2.42. The number of rotatable bonds is 10. The van der Waals surface area contributed by atoms with E-state index in [2.05, 4.69) is 17.6 Å². The maximum absolute atomic E-state index is 14.3. The number of amides is 3. The van der Waals surface area contributed by atoms with Gasteiger partial charge in [-0.2, -0.15) is 0 Å². The summed E-state index contributed by atoms with van der Waals surface area (Å²) in [6, 6.07) is 6.66. The second-order valence-electron chi connectivity index (χ2n) is 12.5. The highest BCUT2D eigenvalue weighted by atomic mass is 16.6. The molecule has 2 unspecified atom stereocenters. The number of nitrogens with one attached hydrogen (secondary N) is 2. The Morgan fingerprint density at radius 2 is 1.61 bits per heavy atom. The van der Waals surface area contributed by atoms with E-state index < -0.39 is 23.8 Å². The molecule has 0 bridgehead atoms. The summed E-state index contributed by atoms with van der Waals surface area (Å²) in [4.78, 5) is 42.9. The Labute approximate surface area is 229 Å². The first kappa shape index (κ1) is 30.0. The molecule has 3 rings (SSSR count). The summed E-state index contributed by atoms with van der Waals surface area (Å²) in [7, 11) is 0. The quantitative estimate of drug-likeness (QED) is 0.387. The van der Waals surface area contributed by atoms with Crippen LogP contribution in [-0.2, 0) is 20.7 Å². The third-order valence-corrected chi connectivity index (χ3v) is 7.60. The molecule has 3 amide bonds. The van der Waals surface area contributed by atoms with Crippen LogP contribution in [0, 0.1) is 5.92 Å². The van der Waals surface area contributed by atoms with Gasteiger partial charge in [0, 0.05) is 12.1 Å². The number of ether oxygens (including phenoxy) is 1. The number of alkyl carbamates (subject to hydrolysis) is 1. The Bertz CT molecular complexity index is 927. The molecule has 2 aliphatic carbocycles. The minimum absolute atomic E-state index is 0.0365. The first-order chi connectivity index (χ1) is 18.0. The van der Waals surface area contributed by atoms with Crippen molar-refractivity contribution in [1.82, 2.24) is 15.5 Å². The highest BCUT2D eigenvalue weighted by Crippen LogP contribution is 2.35. The van der Waals surface area contributed by atoms with Crippen molar-refractivity contribution >= 4 is 17.9 Å². The number of carbonyl (C=O) groups excluding carboxylic acids is 3. The third-order valence-electron chi connectivity index (χ3n) is 7.60. The van der Waals surface area contributed by atoms with Gasteiger partial charge in [0.25, 0.3) is 0 Å². The third kappa shape index (κ3) is 8.47. The molecular weight excluding hydrogens is 478 g/mol. The lowest BCUT2D eigenvalue weighted by Gasteiger charge is -2.44. The van der Waals surface area contributed by atoms with Crippen LogP contribution in [0.1, 0.15) is 116 Å². The Hall–Kier alpha value is -2.57. The number of hydrogen-bond donors (Lipinski definition) is 2. The molecule has 2 saturated carbocycles. The minimum Gasteiger partial charge on any atom is -0.444 e. The van der Waals surface area contributed by atoms with Gasteiger partial charge in [0.2, 0.25) is 11.8 Å². The van der Waals surface area contributed by atoms with Crippen LogP contribution in [0.15, 0.2) is 24.3 Å². The molecule has 2 atom stereocenters. The van der Waals surface area contributed by atoms with E-state index in [1.54, 1.807) is 25.7 Å². The predicted molar refractivity (Wildman–Crippen MR) is 151 cm³/mol. The van der Waals surface area contributed by atoms with Gasteiger partial charge < -0.3 is 20.3 Å². The van der Waals surface area contributed by atoms with Crippen molar-refractivity contribution in [2.75, 3.05) is 0 Å². The van der Waals surface area contributed by atoms with E-state index in [0.29, 0.717) is 6.42 Å². The lowest BCUT2D eigenvalue weighted by Crippen LogP contribution is -2.58. The standard InChI is InChI=1S/C31H49N3O4/c1-7-22-16-18-23(19-17-22)27(28(35)32-24-12-9-8-10-13-24)34(25-14-11-15-25)29(36)26(20-21(2)3)33-30(37)38-31(4,5)6/h16-19,21,24-27H,7-15,20H2,1-6H3,(H,32,35)(H,33,37). The fourth-order valence-corrected chi connectivity index (χ4v) is 5.41. The molecule has 0 spiro atoms. The molecule has 0 saturated heterocycles. The summed E-state index contributed by atoms with van der Waals surface area (Å²) in [6.07, 6.45) is 8.86. The summed E-state index contributed by atoms with van der Waals surface area (Å²) >= 11 is 0. The van der Waals surface area contributed by atoms with Crippen LogP contribution in [0.5, 0.6) is 0 Å². The van der Waals surface area contributed by atoms with Crippen LogP contribution in [0.25, 0.3) is 0 Å². The van der Waals surface area contributed by atoms with Gasteiger partial charge >= 0.3 is 6.09 Å². The second kappa shape index (κ2) is 13.5. The summed E-state index contributed by atoms with van der Waals surface area (Å²) < 4.78 is 5.50. The van der Waals surface area contributed by atoms with Crippen LogP contribution in [0.4, 0.5) is 4.79 Å². The molecule has 2 N–H and O–H groups in total. The topological polar surface area (TPSA) is 87.7 Å². The van der Waals surface area contributed by atoms with Crippen LogP contribution >= 0.6 is 0 Å². The van der Waals surface area contributed by atoms with Crippen LogP contribution in [0.2, 0.25) is 0 Å². The maximum Gasteiger partial charge on any atom is 0.408 e. The molecule has 2 fully saturated rings. The molecule has 0 aliphatic heterocycles. The van der Waals surface area contributed by atoms with Gasteiger partial charge in [0.1, 0.15) is 17.7 Å². The summed E-state index contributed by atoms with van der Waals surface area (Å²) in [5.74, 6) is -0.167. The molecular formula is C31H49N3O4. The van der Waals surface area contributed by atoms with E-state index in [-0.39, 0.29) is 29.8 Å². The highest BCUT2D eigenvalue weighted by molar-refractivity contribution is 5.92. The zero-order chi connectivity index (χ0) is 27.9. The summed E-state index contributed by atoms with van der Waals surface area (Å²) in [5, 5.41) is 6.14. The van der Waals surface area contributed by atoms with Crippen molar-refractivity contribution in [1.29, 1.82) is 0 Å². The number of hydrogen-bond acceptors (Lipinski definition) is 4. The monoisotopic (exact) mass is 527 g/mol. The van der Waals surface area contributed by atoms with E-state index in [1.807, 2.05) is 38.1 Å². The van der Waals surface area contributed by atoms with Gasteiger partial charge in [-0.15, -0.1) is 0 Å². The van der Waals surface area contributed by atoms with E-state index in [9.17, 15) is 14.4 Å². The number of benzene rings is 1.